The number of amides is 6. The molecule has 0 spiro atoms. The van der Waals surface area contributed by atoms with Crippen molar-refractivity contribution in [1.82, 2.24) is 30.2 Å². The van der Waals surface area contributed by atoms with Gasteiger partial charge >= 0.3 is 18.2 Å². The lowest BCUT2D eigenvalue weighted by molar-refractivity contribution is -0.151. The first kappa shape index (κ1) is 53.6. The third kappa shape index (κ3) is 13.4. The van der Waals surface area contributed by atoms with E-state index in [1.807, 2.05) is 98.7 Å². The topological polar surface area (TPSA) is 215 Å². The number of aliphatic hydroxyl groups is 1. The number of carboxylic acids is 1. The molecule has 4 N–H and O–H groups in total. The van der Waals surface area contributed by atoms with Gasteiger partial charge in [-0.2, -0.15) is 0 Å². The van der Waals surface area contributed by atoms with Gasteiger partial charge in [-0.1, -0.05) is 117 Å². The molecule has 2 saturated heterocycles. The lowest BCUT2D eigenvalue weighted by Gasteiger charge is -2.33. The van der Waals surface area contributed by atoms with Crippen LogP contribution in [0.25, 0.3) is 0 Å². The highest BCUT2D eigenvalue weighted by molar-refractivity contribution is 5.91. The molecule has 6 amide bonds. The van der Waals surface area contributed by atoms with Crippen molar-refractivity contribution in [1.29, 1.82) is 0 Å². The second kappa shape index (κ2) is 22.6. The van der Waals surface area contributed by atoms with Crippen molar-refractivity contribution in [3.8, 4) is 0 Å². The van der Waals surface area contributed by atoms with E-state index in [1.165, 1.54) is 20.9 Å². The zero-order chi connectivity index (χ0) is 51.2. The number of aliphatic hydroxyl groups excluding tert-OH is 1. The predicted molar refractivity (Wildman–Crippen MR) is 261 cm³/mol. The average Bonchev–Trinajstić information content (AvgIpc) is 3.87. The van der Waals surface area contributed by atoms with Crippen LogP contribution in [-0.2, 0) is 59.4 Å². The van der Waals surface area contributed by atoms with E-state index in [2.05, 4.69) is 22.8 Å². The Balaban J connectivity index is 0.000000244. The fourth-order valence-electron chi connectivity index (χ4n) is 9.31. The fraction of sp³-hybridized carbons (Fsp3) is 0.642. The molecule has 17 nitrogen and oxygen atoms in total. The molecule has 17 heteroatoms. The zero-order valence-corrected chi connectivity index (χ0v) is 42.6. The third-order valence-electron chi connectivity index (χ3n) is 14.8. The molecule has 8 atom stereocenters. The zero-order valence-electron chi connectivity index (χ0n) is 42.6. The summed E-state index contributed by atoms with van der Waals surface area (Å²) in [4.78, 5) is 96.4. The van der Waals surface area contributed by atoms with Crippen LogP contribution in [0, 0.1) is 22.7 Å². The average molecular weight is 973 g/mol. The minimum Gasteiger partial charge on any atom is -0.480 e. The number of nitrogens with zero attached hydrogens (tertiary/aromatic N) is 4. The van der Waals surface area contributed by atoms with Crippen molar-refractivity contribution in [3.05, 3.63) is 70.8 Å². The molecule has 7 rings (SSSR count). The monoisotopic (exact) mass is 973 g/mol. The Morgan fingerprint density at radius 3 is 1.53 bits per heavy atom. The van der Waals surface area contributed by atoms with Crippen molar-refractivity contribution >= 4 is 41.8 Å². The fourth-order valence-corrected chi connectivity index (χ4v) is 9.31. The van der Waals surface area contributed by atoms with Crippen LogP contribution < -0.4 is 10.6 Å². The first-order valence-electron chi connectivity index (χ1n) is 25.1. The highest BCUT2D eigenvalue weighted by atomic mass is 16.6. The molecular weight excluding hydrogens is 897 g/mol. The van der Waals surface area contributed by atoms with Gasteiger partial charge in [0, 0.05) is 56.9 Å². The quantitative estimate of drug-likeness (QED) is 0.203. The van der Waals surface area contributed by atoms with Crippen LogP contribution in [0.2, 0.25) is 0 Å². The summed E-state index contributed by atoms with van der Waals surface area (Å²) in [6.45, 7) is 19.6. The first-order valence-corrected chi connectivity index (χ1v) is 25.1. The molecule has 0 bridgehead atoms. The van der Waals surface area contributed by atoms with E-state index in [-0.39, 0.29) is 66.5 Å². The van der Waals surface area contributed by atoms with Gasteiger partial charge < -0.3 is 49.9 Å². The minimum atomic E-state index is -1.39. The Morgan fingerprint density at radius 1 is 0.686 bits per heavy atom. The van der Waals surface area contributed by atoms with E-state index in [1.54, 1.807) is 9.80 Å². The highest BCUT2D eigenvalue weighted by Gasteiger charge is 2.47. The van der Waals surface area contributed by atoms with Crippen molar-refractivity contribution in [2.45, 2.75) is 169 Å². The van der Waals surface area contributed by atoms with E-state index in [9.17, 15) is 43.8 Å². The van der Waals surface area contributed by atoms with Crippen molar-refractivity contribution in [3.63, 3.8) is 0 Å². The molecule has 384 valence electrons. The Kier molecular flexibility index (Phi) is 17.3. The molecule has 1 saturated carbocycles. The van der Waals surface area contributed by atoms with Crippen LogP contribution in [0.4, 0.5) is 9.59 Å². The smallest absolute Gasteiger partial charge is 0.410 e. The van der Waals surface area contributed by atoms with E-state index < -0.39 is 66.4 Å². The summed E-state index contributed by atoms with van der Waals surface area (Å²) in [5.74, 6) is -3.14. The molecule has 2 unspecified atom stereocenters. The molecule has 3 fully saturated rings. The number of carboxylic acid groups (broad SMARTS) is 1. The lowest BCUT2D eigenvalue weighted by atomic mass is 9.81. The maximum Gasteiger partial charge on any atom is 0.410 e. The molecule has 0 radical (unpaired) electrons. The Hall–Kier alpha value is -5.71. The van der Waals surface area contributed by atoms with Crippen LogP contribution in [0.3, 0.4) is 0 Å². The van der Waals surface area contributed by atoms with Gasteiger partial charge in [-0.05, 0) is 65.2 Å². The maximum atomic E-state index is 13.7. The summed E-state index contributed by atoms with van der Waals surface area (Å²) in [5, 5.41) is 26.0. The van der Waals surface area contributed by atoms with Gasteiger partial charge in [-0.3, -0.25) is 19.2 Å². The number of carbonyl (C=O) groups is 7. The SMILES string of the molecule is CCCC(NC(=O)[C@@H]1C[C@@H](OC(=O)N2CCc3ccccc3C2)CN1C(=O)[C@@H](C)C(C)(C)C)C(O)C(=O)NC1CC1.C[C@H](C(=O)N1C[C@H](OC(=O)N2CCc3ccccc3C2)C[C@H]1C(=O)O)C(C)(C)C. The number of carbonyl (C=O) groups excluding carboxylic acids is 6. The van der Waals surface area contributed by atoms with Gasteiger partial charge in [0.25, 0.3) is 5.91 Å². The van der Waals surface area contributed by atoms with Gasteiger partial charge in [0.2, 0.25) is 17.7 Å². The highest BCUT2D eigenvalue weighted by Crippen LogP contribution is 2.34. The second-order valence-electron chi connectivity index (χ2n) is 22.0. The summed E-state index contributed by atoms with van der Waals surface area (Å²) in [7, 11) is 0. The molecule has 5 aliphatic rings. The molecule has 4 aliphatic heterocycles. The predicted octanol–water partition coefficient (Wildman–Crippen LogP) is 5.68. The largest absolute Gasteiger partial charge is 0.480 e. The van der Waals surface area contributed by atoms with E-state index in [0.717, 1.165) is 36.8 Å². The first-order chi connectivity index (χ1) is 33.0. The van der Waals surface area contributed by atoms with Gasteiger partial charge in [0.1, 0.15) is 24.3 Å². The number of likely N-dealkylation sites (tertiary alicyclic amines) is 2. The number of hydrogen-bond donors (Lipinski definition) is 4. The normalized spacial score (nSPS) is 22.8. The van der Waals surface area contributed by atoms with Crippen molar-refractivity contribution in [2.24, 2.45) is 22.7 Å². The number of ether oxygens (including phenoxy) is 2. The van der Waals surface area contributed by atoms with Crippen LogP contribution in [0.1, 0.15) is 123 Å². The van der Waals surface area contributed by atoms with Gasteiger partial charge in [-0.15, -0.1) is 0 Å². The lowest BCUT2D eigenvalue weighted by Crippen LogP contribution is -2.56. The summed E-state index contributed by atoms with van der Waals surface area (Å²) >= 11 is 0. The number of nitrogens with one attached hydrogen (secondary N) is 2. The van der Waals surface area contributed by atoms with Crippen LogP contribution in [0.5, 0.6) is 0 Å². The van der Waals surface area contributed by atoms with E-state index in [0.29, 0.717) is 39.0 Å². The molecule has 70 heavy (non-hydrogen) atoms. The number of benzene rings is 2. The minimum absolute atomic E-state index is 0.0841. The second-order valence-corrected chi connectivity index (χ2v) is 22.0. The number of fused-ring (bicyclic) bond motifs is 2. The van der Waals surface area contributed by atoms with Gasteiger partial charge in [0.05, 0.1) is 19.1 Å². The summed E-state index contributed by atoms with van der Waals surface area (Å²) in [5.41, 5.74) is 4.02. The summed E-state index contributed by atoms with van der Waals surface area (Å²) < 4.78 is 11.5. The number of aliphatic carboxylic acids is 1. The molecule has 2 aromatic rings. The Morgan fingerprint density at radius 2 is 1.11 bits per heavy atom. The van der Waals surface area contributed by atoms with Crippen molar-refractivity contribution in [2.75, 3.05) is 26.2 Å². The third-order valence-corrected chi connectivity index (χ3v) is 14.8. The van der Waals surface area contributed by atoms with E-state index >= 15 is 0 Å². The summed E-state index contributed by atoms with van der Waals surface area (Å²) in [6.07, 6.45) is 1.02. The Bertz CT molecular complexity index is 2240. The van der Waals surface area contributed by atoms with Gasteiger partial charge in [0.15, 0.2) is 6.10 Å². The van der Waals surface area contributed by atoms with Crippen LogP contribution in [-0.4, -0.2) is 140 Å². The van der Waals surface area contributed by atoms with Crippen molar-refractivity contribution < 1.29 is 53.2 Å². The molecule has 0 aromatic heterocycles. The number of rotatable bonds is 12. The van der Waals surface area contributed by atoms with Crippen LogP contribution in [0.15, 0.2) is 48.5 Å². The standard InChI is InChI=1S/C31H46N4O6.C22H30N2O5/c1-6-9-24(26(36)28(38)32-22-12-13-22)33-27(37)25-16-23(18-35(25)29(39)19(2)31(3,4)5)41-30(40)34-15-14-20-10-7-8-11-21(20)17-34;1-14(22(2,3)4)19(25)24-13-17(11-18(24)20(26)27)29-21(28)23-10-9-15-7-5-6-8-16(15)12-23/h7-8,10-11,19,22-26,36H,6,9,12-18H2,1-5H3,(H,32,38)(H,33,37);5-8,14,17-18H,9-13H2,1-4H3,(H,26,27)/t19-,23-,24?,25+,26?;14-,17-,18+/m11/s1. The Labute approximate surface area is 413 Å². The molecular formula is C53H76N6O11. The maximum absolute atomic E-state index is 13.7. The molecule has 2 aromatic carbocycles. The molecule has 4 heterocycles. The van der Waals surface area contributed by atoms with E-state index in [4.69, 9.17) is 9.47 Å². The molecule has 1 aliphatic carbocycles. The van der Waals surface area contributed by atoms with Gasteiger partial charge in [-0.25, -0.2) is 14.4 Å². The number of hydrogen-bond acceptors (Lipinski definition) is 10. The summed E-state index contributed by atoms with van der Waals surface area (Å²) in [6, 6.07) is 13.4. The van der Waals surface area contributed by atoms with Crippen LogP contribution >= 0.6 is 0 Å².